The molecule has 0 aromatic rings. The van der Waals surface area contributed by atoms with Crippen molar-refractivity contribution in [3.8, 4) is 0 Å². The van der Waals surface area contributed by atoms with Gasteiger partial charge in [0.15, 0.2) is 0 Å². The molecule has 3 amide bonds. The summed E-state index contributed by atoms with van der Waals surface area (Å²) in [5.41, 5.74) is 4.99. The number of hydrogen-bond donors (Lipinski definition) is 3. The number of carbonyl (C=O) groups excluding carboxylic acids is 3. The molecule has 6 nitrogen and oxygen atoms in total. The molecule has 0 aliphatic carbocycles. The van der Waals surface area contributed by atoms with Crippen LogP contribution in [0.25, 0.3) is 0 Å². The van der Waals surface area contributed by atoms with Gasteiger partial charge in [0.25, 0.3) is 0 Å². The van der Waals surface area contributed by atoms with Gasteiger partial charge in [-0.3, -0.25) is 4.79 Å². The molecule has 0 radical (unpaired) electrons. The van der Waals surface area contributed by atoms with Gasteiger partial charge < -0.3 is 21.2 Å². The van der Waals surface area contributed by atoms with Crippen LogP contribution in [0.1, 0.15) is 77.6 Å². The summed E-state index contributed by atoms with van der Waals surface area (Å²) in [5, 5.41) is 5.10. The molecule has 6 heteroatoms. The van der Waals surface area contributed by atoms with Crippen LogP contribution in [-0.4, -0.2) is 30.8 Å². The predicted molar refractivity (Wildman–Crippen MR) is 92.0 cm³/mol. The Morgan fingerprint density at radius 1 is 0.957 bits per heavy atom. The molecule has 0 aromatic carbocycles. The molecular weight excluding hydrogens is 294 g/mol. The van der Waals surface area contributed by atoms with E-state index >= 15 is 0 Å². The van der Waals surface area contributed by atoms with Crippen molar-refractivity contribution in [3.63, 3.8) is 0 Å². The largest absolute Gasteiger partial charge is 0.370 e. The van der Waals surface area contributed by atoms with Crippen molar-refractivity contribution in [2.75, 3.05) is 6.54 Å². The molecule has 23 heavy (non-hydrogen) atoms. The molecule has 134 valence electrons. The number of amides is 3. The van der Waals surface area contributed by atoms with Crippen LogP contribution in [0.5, 0.6) is 0 Å². The van der Waals surface area contributed by atoms with Crippen molar-refractivity contribution in [1.82, 2.24) is 10.6 Å². The van der Waals surface area contributed by atoms with Crippen molar-refractivity contribution in [1.29, 1.82) is 0 Å². The van der Waals surface area contributed by atoms with Crippen LogP contribution in [0.3, 0.4) is 0 Å². The number of nitrogens with one attached hydrogen (secondary N) is 2. The zero-order valence-corrected chi connectivity index (χ0v) is 14.4. The lowest BCUT2D eigenvalue weighted by Gasteiger charge is -2.12. The highest BCUT2D eigenvalue weighted by Crippen LogP contribution is 2.10. The second kappa shape index (κ2) is 15.3. The summed E-state index contributed by atoms with van der Waals surface area (Å²) in [4.78, 5) is 32.9. The molecule has 0 bridgehead atoms. The van der Waals surface area contributed by atoms with E-state index < -0.39 is 18.0 Å². The lowest BCUT2D eigenvalue weighted by molar-refractivity contribution is -0.120. The Balaban J connectivity index is 3.41. The smallest absolute Gasteiger partial charge is 0.315 e. The number of carbonyl (C=O) groups is 3. The first-order valence-electron chi connectivity index (χ1n) is 8.88. The second-order valence-corrected chi connectivity index (χ2v) is 6.00. The van der Waals surface area contributed by atoms with Gasteiger partial charge in [0.1, 0.15) is 6.29 Å². The van der Waals surface area contributed by atoms with Crippen LogP contribution in [0.15, 0.2) is 0 Å². The maximum atomic E-state index is 11.5. The minimum absolute atomic E-state index is 0.171. The van der Waals surface area contributed by atoms with E-state index in [9.17, 15) is 14.4 Å². The van der Waals surface area contributed by atoms with E-state index in [1.165, 1.54) is 51.4 Å². The minimum atomic E-state index is -0.847. The van der Waals surface area contributed by atoms with Gasteiger partial charge in [-0.1, -0.05) is 64.7 Å². The number of aldehydes is 1. The molecule has 0 aliphatic heterocycles. The third kappa shape index (κ3) is 15.1. The van der Waals surface area contributed by atoms with Crippen molar-refractivity contribution >= 4 is 18.2 Å². The lowest BCUT2D eigenvalue weighted by Crippen LogP contribution is -2.44. The fourth-order valence-electron chi connectivity index (χ4n) is 2.38. The Kier molecular flexibility index (Phi) is 14.3. The monoisotopic (exact) mass is 327 g/mol. The van der Waals surface area contributed by atoms with Crippen LogP contribution < -0.4 is 16.4 Å². The van der Waals surface area contributed by atoms with Crippen molar-refractivity contribution in [2.45, 2.75) is 83.6 Å². The molecule has 0 saturated carbocycles. The van der Waals surface area contributed by atoms with Crippen LogP contribution in [0.4, 0.5) is 4.79 Å². The van der Waals surface area contributed by atoms with Crippen LogP contribution in [0, 0.1) is 0 Å². The highest BCUT2D eigenvalue weighted by Gasteiger charge is 2.13. The van der Waals surface area contributed by atoms with Gasteiger partial charge in [-0.15, -0.1) is 0 Å². The third-order valence-electron chi connectivity index (χ3n) is 3.72. The number of rotatable bonds is 15. The Morgan fingerprint density at radius 2 is 1.48 bits per heavy atom. The fraction of sp³-hybridized carbons (Fsp3) is 0.824. The molecule has 4 N–H and O–H groups in total. The van der Waals surface area contributed by atoms with Crippen molar-refractivity contribution in [3.05, 3.63) is 0 Å². The summed E-state index contributed by atoms with van der Waals surface area (Å²) >= 11 is 0. The highest BCUT2D eigenvalue weighted by atomic mass is 16.2. The quantitative estimate of drug-likeness (QED) is 0.318. The SMILES string of the molecule is CCCCCCCCCCCCNC(=O)N[C@@H](C=O)CC(N)=O. The Morgan fingerprint density at radius 3 is 1.96 bits per heavy atom. The molecule has 0 aliphatic rings. The zero-order valence-electron chi connectivity index (χ0n) is 14.4. The predicted octanol–water partition coefficient (Wildman–Crippen LogP) is 2.65. The van der Waals surface area contributed by atoms with E-state index in [2.05, 4.69) is 17.6 Å². The number of nitrogens with two attached hydrogens (primary N) is 1. The van der Waals surface area contributed by atoms with Gasteiger partial charge in [0, 0.05) is 6.54 Å². The third-order valence-corrected chi connectivity index (χ3v) is 3.72. The highest BCUT2D eigenvalue weighted by molar-refractivity contribution is 5.83. The van der Waals surface area contributed by atoms with Gasteiger partial charge >= 0.3 is 6.03 Å². The Labute approximate surface area is 140 Å². The van der Waals surface area contributed by atoms with Crippen LogP contribution >= 0.6 is 0 Å². The van der Waals surface area contributed by atoms with Crippen LogP contribution in [-0.2, 0) is 9.59 Å². The van der Waals surface area contributed by atoms with Gasteiger partial charge in [-0.25, -0.2) is 4.79 Å². The number of hydrogen-bond acceptors (Lipinski definition) is 3. The molecular formula is C17H33N3O3. The van der Waals surface area contributed by atoms with E-state index in [4.69, 9.17) is 5.73 Å². The molecule has 0 aromatic heterocycles. The fourth-order valence-corrected chi connectivity index (χ4v) is 2.38. The summed E-state index contributed by atoms with van der Waals surface area (Å²) in [7, 11) is 0. The first-order valence-corrected chi connectivity index (χ1v) is 8.88. The molecule has 0 unspecified atom stereocenters. The van der Waals surface area contributed by atoms with E-state index in [0.717, 1.165) is 12.8 Å². The molecule has 0 saturated heterocycles. The number of primary amides is 1. The first kappa shape index (κ1) is 21.4. The van der Waals surface area contributed by atoms with E-state index in [1.807, 2.05) is 0 Å². The number of unbranched alkanes of at least 4 members (excludes halogenated alkanes) is 9. The summed E-state index contributed by atoms with van der Waals surface area (Å²) in [5.74, 6) is -0.614. The average molecular weight is 327 g/mol. The normalized spacial score (nSPS) is 11.7. The Hall–Kier alpha value is -1.59. The summed E-state index contributed by atoms with van der Waals surface area (Å²) < 4.78 is 0. The average Bonchev–Trinajstić information content (AvgIpc) is 2.51. The lowest BCUT2D eigenvalue weighted by atomic mass is 10.1. The van der Waals surface area contributed by atoms with Gasteiger partial charge in [-0.2, -0.15) is 0 Å². The Bertz CT molecular complexity index is 335. The van der Waals surface area contributed by atoms with E-state index in [1.54, 1.807) is 0 Å². The van der Waals surface area contributed by atoms with Crippen molar-refractivity contribution in [2.24, 2.45) is 5.73 Å². The summed E-state index contributed by atoms with van der Waals surface area (Å²) in [6, 6.07) is -1.28. The first-order chi connectivity index (χ1) is 11.1. The standard InChI is InChI=1S/C17H33N3O3/c1-2-3-4-5-6-7-8-9-10-11-12-19-17(23)20-15(14-21)13-16(18)22/h14-15H,2-13H2,1H3,(H2,18,22)(H2,19,20,23)/t15-/m1/s1. The second-order valence-electron chi connectivity index (χ2n) is 6.00. The van der Waals surface area contributed by atoms with Gasteiger partial charge in [-0.05, 0) is 6.42 Å². The van der Waals surface area contributed by atoms with Gasteiger partial charge in [0.05, 0.1) is 12.5 Å². The zero-order chi connectivity index (χ0) is 17.3. The summed E-state index contributed by atoms with van der Waals surface area (Å²) in [6.45, 7) is 2.80. The van der Waals surface area contributed by atoms with Crippen molar-refractivity contribution < 1.29 is 14.4 Å². The maximum Gasteiger partial charge on any atom is 0.315 e. The van der Waals surface area contributed by atoms with E-state index in [0.29, 0.717) is 12.8 Å². The molecule has 0 heterocycles. The number of urea groups is 1. The summed E-state index contributed by atoms with van der Waals surface area (Å²) in [6.07, 6.45) is 12.8. The topological polar surface area (TPSA) is 101 Å². The minimum Gasteiger partial charge on any atom is -0.370 e. The molecule has 0 rings (SSSR count). The van der Waals surface area contributed by atoms with E-state index in [-0.39, 0.29) is 6.42 Å². The van der Waals surface area contributed by atoms with Gasteiger partial charge in [0.2, 0.25) is 5.91 Å². The molecule has 1 atom stereocenters. The molecule has 0 fully saturated rings. The maximum absolute atomic E-state index is 11.5. The van der Waals surface area contributed by atoms with Crippen LogP contribution in [0.2, 0.25) is 0 Å². The molecule has 0 spiro atoms.